The predicted molar refractivity (Wildman–Crippen MR) is 102 cm³/mol. The van der Waals surface area contributed by atoms with Crippen LogP contribution in [0.1, 0.15) is 46.8 Å². The molecular weight excluding hydrogens is 334 g/mol. The van der Waals surface area contributed by atoms with Crippen LogP contribution in [0.4, 0.5) is 5.82 Å². The summed E-state index contributed by atoms with van der Waals surface area (Å²) in [6, 6.07) is 0. The molecule has 3 heterocycles. The highest BCUT2D eigenvalue weighted by Crippen LogP contribution is 2.31. The lowest BCUT2D eigenvalue weighted by molar-refractivity contribution is -0.118. The number of ether oxygens (including phenoxy) is 1. The zero-order chi connectivity index (χ0) is 19.7. The van der Waals surface area contributed by atoms with Gasteiger partial charge in [0.15, 0.2) is 17.0 Å². The second-order valence-corrected chi connectivity index (χ2v) is 5.66. The summed E-state index contributed by atoms with van der Waals surface area (Å²) < 4.78 is 7.56. The molecule has 0 saturated carbocycles. The van der Waals surface area contributed by atoms with Gasteiger partial charge < -0.3 is 15.2 Å². The summed E-state index contributed by atoms with van der Waals surface area (Å²) in [5, 5.41) is 11.9. The van der Waals surface area contributed by atoms with Gasteiger partial charge in [0.25, 0.3) is 0 Å². The van der Waals surface area contributed by atoms with Gasteiger partial charge in [-0.15, -0.1) is 13.2 Å². The number of hydrogen-bond donors (Lipinski definition) is 2. The largest absolute Gasteiger partial charge is 0.394 e. The first kappa shape index (κ1) is 21.7. The molecule has 1 amide bonds. The zero-order valence-corrected chi connectivity index (χ0v) is 16.0. The van der Waals surface area contributed by atoms with Gasteiger partial charge in [-0.1, -0.05) is 27.7 Å². The quantitative estimate of drug-likeness (QED) is 0.810. The number of fused-ring (bicyclic) bond motifs is 1. The maximum absolute atomic E-state index is 11.8. The molecule has 2 aromatic rings. The normalized spacial score (nSPS) is 18.7. The third-order valence-corrected chi connectivity index (χ3v) is 3.72. The van der Waals surface area contributed by atoms with Crippen molar-refractivity contribution in [2.75, 3.05) is 11.9 Å². The number of amides is 1. The van der Waals surface area contributed by atoms with Gasteiger partial charge in [0.1, 0.15) is 12.6 Å². The highest BCUT2D eigenvalue weighted by atomic mass is 16.5. The van der Waals surface area contributed by atoms with E-state index in [0.29, 0.717) is 17.0 Å². The molecule has 2 N–H and O–H groups in total. The fourth-order valence-corrected chi connectivity index (χ4v) is 2.44. The Kier molecular flexibility index (Phi) is 8.87. The molecule has 0 spiro atoms. The number of aromatic nitrogens is 4. The van der Waals surface area contributed by atoms with E-state index in [0.717, 1.165) is 12.8 Å². The molecule has 2 unspecified atom stereocenters. The molecule has 8 heteroatoms. The number of anilines is 1. The Balaban J connectivity index is 0.000000791. The maximum Gasteiger partial charge on any atom is 0.228 e. The van der Waals surface area contributed by atoms with Crippen molar-refractivity contribution in [3.05, 3.63) is 25.8 Å². The van der Waals surface area contributed by atoms with Gasteiger partial charge in [-0.3, -0.25) is 9.36 Å². The molecule has 2 aromatic heterocycles. The van der Waals surface area contributed by atoms with Crippen molar-refractivity contribution >= 4 is 22.9 Å². The second kappa shape index (κ2) is 10.6. The second-order valence-electron chi connectivity index (χ2n) is 5.66. The van der Waals surface area contributed by atoms with Crippen molar-refractivity contribution in [2.24, 2.45) is 5.92 Å². The molecular formula is C18H29N5O3. The SMILES string of the molecule is C=C.CC.CC(C)C(=O)Nc1ncnc2c1ncn2C1CCC(CO)O1. The van der Waals surface area contributed by atoms with E-state index < -0.39 is 0 Å². The minimum atomic E-state index is -0.203. The summed E-state index contributed by atoms with van der Waals surface area (Å²) in [7, 11) is 0. The number of aliphatic hydroxyl groups excluding tert-OH is 1. The van der Waals surface area contributed by atoms with Crippen LogP contribution >= 0.6 is 0 Å². The summed E-state index contributed by atoms with van der Waals surface area (Å²) in [5.41, 5.74) is 1.14. The minimum absolute atomic E-state index is 0.00775. The van der Waals surface area contributed by atoms with Crippen molar-refractivity contribution in [1.82, 2.24) is 19.5 Å². The van der Waals surface area contributed by atoms with E-state index in [4.69, 9.17) is 9.84 Å². The van der Waals surface area contributed by atoms with Crippen LogP contribution in [0.3, 0.4) is 0 Å². The van der Waals surface area contributed by atoms with Crippen LogP contribution in [0.5, 0.6) is 0 Å². The Hall–Kier alpha value is -2.32. The zero-order valence-electron chi connectivity index (χ0n) is 16.0. The first-order valence-corrected chi connectivity index (χ1v) is 8.85. The first-order chi connectivity index (χ1) is 12.6. The van der Waals surface area contributed by atoms with Gasteiger partial charge >= 0.3 is 0 Å². The number of rotatable bonds is 4. The van der Waals surface area contributed by atoms with Crippen LogP contribution in [0.2, 0.25) is 0 Å². The number of imidazole rings is 1. The standard InChI is InChI=1S/C14H19N5O3.C2H6.C2H4/c1-8(2)14(21)18-12-11-13(16-6-15-12)19(7-17-11)10-4-3-9(5-20)22-10;2*1-2/h6-10,20H,3-5H2,1-2H3,(H,15,16,18,21);1-2H3;1-2H2. The Morgan fingerprint density at radius 1 is 1.35 bits per heavy atom. The monoisotopic (exact) mass is 363 g/mol. The average molecular weight is 363 g/mol. The predicted octanol–water partition coefficient (Wildman–Crippen LogP) is 2.92. The van der Waals surface area contributed by atoms with Crippen LogP contribution in [0.25, 0.3) is 11.2 Å². The van der Waals surface area contributed by atoms with E-state index in [1.54, 1.807) is 6.33 Å². The smallest absolute Gasteiger partial charge is 0.228 e. The lowest BCUT2D eigenvalue weighted by Gasteiger charge is -2.14. The van der Waals surface area contributed by atoms with Gasteiger partial charge in [-0.2, -0.15) is 0 Å². The highest BCUT2D eigenvalue weighted by Gasteiger charge is 2.28. The molecule has 0 radical (unpaired) electrons. The van der Waals surface area contributed by atoms with Crippen LogP contribution in [0.15, 0.2) is 25.8 Å². The van der Waals surface area contributed by atoms with Crippen LogP contribution < -0.4 is 5.32 Å². The van der Waals surface area contributed by atoms with Crippen LogP contribution in [-0.2, 0) is 9.53 Å². The van der Waals surface area contributed by atoms with E-state index in [1.807, 2.05) is 32.3 Å². The summed E-state index contributed by atoms with van der Waals surface area (Å²) in [5.74, 6) is 0.141. The molecule has 1 aliphatic rings. The number of nitrogens with one attached hydrogen (secondary N) is 1. The molecule has 0 aromatic carbocycles. The van der Waals surface area contributed by atoms with Gasteiger partial charge in [0.2, 0.25) is 5.91 Å². The van der Waals surface area contributed by atoms with Crippen LogP contribution in [0, 0.1) is 5.92 Å². The summed E-state index contributed by atoms with van der Waals surface area (Å²) >= 11 is 0. The summed E-state index contributed by atoms with van der Waals surface area (Å²) in [6.07, 6.45) is 4.26. The summed E-state index contributed by atoms with van der Waals surface area (Å²) in [4.78, 5) is 24.5. The minimum Gasteiger partial charge on any atom is -0.394 e. The lowest BCUT2D eigenvalue weighted by Crippen LogP contribution is -2.19. The highest BCUT2D eigenvalue weighted by molar-refractivity contribution is 5.97. The number of carbonyl (C=O) groups is 1. The van der Waals surface area contributed by atoms with Crippen molar-refractivity contribution < 1.29 is 14.6 Å². The van der Waals surface area contributed by atoms with Gasteiger partial charge in [-0.25, -0.2) is 15.0 Å². The number of aliphatic hydroxyl groups is 1. The van der Waals surface area contributed by atoms with E-state index in [1.165, 1.54) is 6.33 Å². The third kappa shape index (κ3) is 4.86. The maximum atomic E-state index is 11.8. The molecule has 26 heavy (non-hydrogen) atoms. The Morgan fingerprint density at radius 2 is 2.04 bits per heavy atom. The molecule has 0 aliphatic carbocycles. The van der Waals surface area contributed by atoms with Crippen molar-refractivity contribution in [1.29, 1.82) is 0 Å². The molecule has 1 fully saturated rings. The van der Waals surface area contributed by atoms with E-state index in [-0.39, 0.29) is 30.8 Å². The van der Waals surface area contributed by atoms with Gasteiger partial charge in [-0.05, 0) is 12.8 Å². The molecule has 8 nitrogen and oxygen atoms in total. The van der Waals surface area contributed by atoms with E-state index in [9.17, 15) is 4.79 Å². The van der Waals surface area contributed by atoms with Crippen molar-refractivity contribution in [3.8, 4) is 0 Å². The molecule has 2 atom stereocenters. The molecule has 1 saturated heterocycles. The third-order valence-electron chi connectivity index (χ3n) is 3.72. The Labute approximate surface area is 154 Å². The topological polar surface area (TPSA) is 102 Å². The summed E-state index contributed by atoms with van der Waals surface area (Å²) in [6.45, 7) is 13.6. The van der Waals surface area contributed by atoms with Crippen molar-refractivity contribution in [2.45, 2.75) is 52.9 Å². The molecule has 3 rings (SSSR count). The first-order valence-electron chi connectivity index (χ1n) is 8.85. The fraction of sp³-hybridized carbons (Fsp3) is 0.556. The van der Waals surface area contributed by atoms with E-state index in [2.05, 4.69) is 33.4 Å². The van der Waals surface area contributed by atoms with Crippen molar-refractivity contribution in [3.63, 3.8) is 0 Å². The Bertz CT molecular complexity index is 701. The van der Waals surface area contributed by atoms with Gasteiger partial charge in [0.05, 0.1) is 19.0 Å². The van der Waals surface area contributed by atoms with Gasteiger partial charge in [0, 0.05) is 5.92 Å². The van der Waals surface area contributed by atoms with E-state index >= 15 is 0 Å². The number of nitrogens with zero attached hydrogens (tertiary/aromatic N) is 4. The number of hydrogen-bond acceptors (Lipinski definition) is 6. The number of carbonyl (C=O) groups excluding carboxylic acids is 1. The molecule has 1 aliphatic heterocycles. The van der Waals surface area contributed by atoms with Crippen LogP contribution in [-0.4, -0.2) is 43.2 Å². The average Bonchev–Trinajstić information content (AvgIpc) is 3.32. The molecule has 144 valence electrons. The fourth-order valence-electron chi connectivity index (χ4n) is 2.44. The molecule has 0 bridgehead atoms. The lowest BCUT2D eigenvalue weighted by atomic mass is 10.2. The Morgan fingerprint density at radius 3 is 2.62 bits per heavy atom.